The van der Waals surface area contributed by atoms with Crippen molar-refractivity contribution in [3.63, 3.8) is 0 Å². The summed E-state index contributed by atoms with van der Waals surface area (Å²) in [6.07, 6.45) is 3.98. The SMILES string of the molecule is CO/N=C(\C)c1ccc(-c2ccc(-c3nc(NC4CC(C)(C)NC(C)(C)C4)ncc3C)s2)s1. The summed E-state index contributed by atoms with van der Waals surface area (Å²) < 4.78 is 0. The maximum Gasteiger partial charge on any atom is 0.223 e. The fraction of sp³-hybridized carbons (Fsp3) is 0.480. The van der Waals surface area contributed by atoms with Crippen molar-refractivity contribution >= 4 is 34.3 Å². The Hall–Kier alpha value is -2.29. The van der Waals surface area contributed by atoms with E-state index in [2.05, 4.69) is 79.7 Å². The minimum Gasteiger partial charge on any atom is -0.399 e. The normalized spacial score (nSPS) is 18.3. The van der Waals surface area contributed by atoms with Gasteiger partial charge in [0, 0.05) is 33.1 Å². The molecule has 1 saturated heterocycles. The van der Waals surface area contributed by atoms with Crippen LogP contribution in [0.3, 0.4) is 0 Å². The number of nitrogens with one attached hydrogen (secondary N) is 2. The van der Waals surface area contributed by atoms with Crippen LogP contribution < -0.4 is 10.6 Å². The molecular formula is C25H33N5OS2. The minimum absolute atomic E-state index is 0.0709. The molecule has 1 aliphatic rings. The first-order chi connectivity index (χ1) is 15.5. The molecule has 2 N–H and O–H groups in total. The molecule has 3 aromatic rings. The summed E-state index contributed by atoms with van der Waals surface area (Å²) in [5, 5.41) is 11.4. The van der Waals surface area contributed by atoms with Gasteiger partial charge in [-0.15, -0.1) is 22.7 Å². The number of nitrogens with zero attached hydrogens (tertiary/aromatic N) is 3. The Bertz CT molecular complexity index is 1150. The number of oxime groups is 1. The number of anilines is 1. The van der Waals surface area contributed by atoms with Crippen molar-refractivity contribution in [3.8, 4) is 20.3 Å². The van der Waals surface area contributed by atoms with E-state index in [9.17, 15) is 0 Å². The summed E-state index contributed by atoms with van der Waals surface area (Å²) in [7, 11) is 1.57. The largest absolute Gasteiger partial charge is 0.399 e. The standard InChI is InChI=1S/C25H33N5OS2/c1-15-14-26-23(27-17-12-24(3,4)30-25(5,6)13-17)28-22(15)21-11-10-20(33-21)19-9-8-18(32-19)16(2)29-31-7/h8-11,14,17,30H,12-13H2,1-7H3,(H,26,27,28)/b29-16+. The molecule has 33 heavy (non-hydrogen) atoms. The van der Waals surface area contributed by atoms with Gasteiger partial charge in [-0.2, -0.15) is 0 Å². The average Bonchev–Trinajstić information content (AvgIpc) is 3.36. The van der Waals surface area contributed by atoms with Crippen molar-refractivity contribution in [3.05, 3.63) is 40.9 Å². The van der Waals surface area contributed by atoms with Gasteiger partial charge in [0.2, 0.25) is 5.95 Å². The van der Waals surface area contributed by atoms with E-state index in [1.165, 1.54) is 9.75 Å². The smallest absolute Gasteiger partial charge is 0.223 e. The molecule has 0 amide bonds. The van der Waals surface area contributed by atoms with E-state index >= 15 is 0 Å². The van der Waals surface area contributed by atoms with E-state index in [0.29, 0.717) is 12.0 Å². The Morgan fingerprint density at radius 2 is 1.70 bits per heavy atom. The van der Waals surface area contributed by atoms with Gasteiger partial charge < -0.3 is 15.5 Å². The van der Waals surface area contributed by atoms with Crippen molar-refractivity contribution in [2.75, 3.05) is 12.4 Å². The summed E-state index contributed by atoms with van der Waals surface area (Å²) in [6.45, 7) is 13.1. The zero-order chi connectivity index (χ0) is 23.8. The Labute approximate surface area is 204 Å². The summed E-state index contributed by atoms with van der Waals surface area (Å²) in [4.78, 5) is 19.1. The number of aromatic nitrogens is 2. The van der Waals surface area contributed by atoms with Crippen molar-refractivity contribution in [2.24, 2.45) is 5.16 Å². The van der Waals surface area contributed by atoms with Crippen LogP contribution in [0.5, 0.6) is 0 Å². The highest BCUT2D eigenvalue weighted by molar-refractivity contribution is 7.24. The molecule has 0 unspecified atom stereocenters. The predicted octanol–water partition coefficient (Wildman–Crippen LogP) is 6.33. The maximum atomic E-state index is 4.93. The molecular weight excluding hydrogens is 450 g/mol. The zero-order valence-corrected chi connectivity index (χ0v) is 22.1. The number of hydrogen-bond acceptors (Lipinski definition) is 8. The Morgan fingerprint density at radius 1 is 1.06 bits per heavy atom. The molecule has 0 aliphatic carbocycles. The van der Waals surface area contributed by atoms with Crippen LogP contribution in [0.15, 0.2) is 35.6 Å². The first-order valence-corrected chi connectivity index (χ1v) is 12.9. The van der Waals surface area contributed by atoms with Crippen LogP contribution >= 0.6 is 22.7 Å². The van der Waals surface area contributed by atoms with E-state index in [1.54, 1.807) is 29.8 Å². The van der Waals surface area contributed by atoms with Gasteiger partial charge >= 0.3 is 0 Å². The quantitative estimate of drug-likeness (QED) is 0.316. The first kappa shape index (κ1) is 23.9. The van der Waals surface area contributed by atoms with E-state index in [0.717, 1.165) is 39.6 Å². The maximum absolute atomic E-state index is 4.93. The average molecular weight is 484 g/mol. The van der Waals surface area contributed by atoms with Gasteiger partial charge in [-0.3, -0.25) is 0 Å². The lowest BCUT2D eigenvalue weighted by Crippen LogP contribution is -2.60. The molecule has 1 fully saturated rings. The van der Waals surface area contributed by atoms with E-state index < -0.39 is 0 Å². The molecule has 4 rings (SSSR count). The molecule has 1 aliphatic heterocycles. The molecule has 0 spiro atoms. The molecule has 0 radical (unpaired) electrons. The highest BCUT2D eigenvalue weighted by Gasteiger charge is 2.37. The fourth-order valence-electron chi connectivity index (χ4n) is 4.81. The number of rotatable bonds is 6. The van der Waals surface area contributed by atoms with Crippen LogP contribution in [0, 0.1) is 6.92 Å². The lowest BCUT2D eigenvalue weighted by Gasteiger charge is -2.46. The van der Waals surface area contributed by atoms with Crippen LogP contribution in [-0.4, -0.2) is 39.9 Å². The van der Waals surface area contributed by atoms with Crippen LogP contribution in [-0.2, 0) is 4.84 Å². The highest BCUT2D eigenvalue weighted by atomic mass is 32.1. The molecule has 0 aromatic carbocycles. The fourth-order valence-corrected chi connectivity index (χ4v) is 6.91. The number of thiophene rings is 2. The molecule has 0 bridgehead atoms. The second kappa shape index (κ2) is 9.16. The summed E-state index contributed by atoms with van der Waals surface area (Å²) in [5.74, 6) is 0.703. The molecule has 6 nitrogen and oxygen atoms in total. The third-order valence-electron chi connectivity index (χ3n) is 5.77. The van der Waals surface area contributed by atoms with Crippen LogP contribution in [0.25, 0.3) is 20.3 Å². The lowest BCUT2D eigenvalue weighted by atomic mass is 9.80. The third kappa shape index (κ3) is 5.62. The molecule has 176 valence electrons. The topological polar surface area (TPSA) is 71.4 Å². The molecule has 0 atom stereocenters. The lowest BCUT2D eigenvalue weighted by molar-refractivity contribution is 0.170. The van der Waals surface area contributed by atoms with Crippen molar-refractivity contribution in [1.82, 2.24) is 15.3 Å². The van der Waals surface area contributed by atoms with E-state index in [1.807, 2.05) is 13.1 Å². The number of hydrogen-bond donors (Lipinski definition) is 2. The van der Waals surface area contributed by atoms with E-state index in [-0.39, 0.29) is 11.1 Å². The first-order valence-electron chi connectivity index (χ1n) is 11.2. The second-order valence-electron chi connectivity index (χ2n) is 10.1. The van der Waals surface area contributed by atoms with Gasteiger partial charge in [0.05, 0.1) is 21.2 Å². The second-order valence-corrected chi connectivity index (χ2v) is 12.2. The molecule has 4 heterocycles. The summed E-state index contributed by atoms with van der Waals surface area (Å²) >= 11 is 3.48. The van der Waals surface area contributed by atoms with Gasteiger partial charge in [0.1, 0.15) is 7.11 Å². The minimum atomic E-state index is 0.0709. The van der Waals surface area contributed by atoms with Crippen molar-refractivity contribution in [2.45, 2.75) is 71.5 Å². The van der Waals surface area contributed by atoms with Gasteiger partial charge in [-0.1, -0.05) is 5.16 Å². The summed E-state index contributed by atoms with van der Waals surface area (Å²) in [5.41, 5.74) is 3.10. The third-order valence-corrected chi connectivity index (χ3v) is 8.25. The van der Waals surface area contributed by atoms with E-state index in [4.69, 9.17) is 9.82 Å². The zero-order valence-electron chi connectivity index (χ0n) is 20.4. The molecule has 0 saturated carbocycles. The Kier molecular flexibility index (Phi) is 6.62. The highest BCUT2D eigenvalue weighted by Crippen LogP contribution is 2.38. The van der Waals surface area contributed by atoms with Gasteiger partial charge in [0.25, 0.3) is 0 Å². The van der Waals surface area contributed by atoms with Gasteiger partial charge in [-0.05, 0) is 84.2 Å². The van der Waals surface area contributed by atoms with Gasteiger partial charge in [0.15, 0.2) is 0 Å². The summed E-state index contributed by atoms with van der Waals surface area (Å²) in [6, 6.07) is 8.89. The van der Waals surface area contributed by atoms with Crippen LogP contribution in [0.4, 0.5) is 5.95 Å². The van der Waals surface area contributed by atoms with Crippen molar-refractivity contribution < 1.29 is 4.84 Å². The van der Waals surface area contributed by atoms with Gasteiger partial charge in [-0.25, -0.2) is 9.97 Å². The van der Waals surface area contributed by atoms with Crippen LogP contribution in [0.2, 0.25) is 0 Å². The number of piperidine rings is 1. The van der Waals surface area contributed by atoms with Crippen molar-refractivity contribution in [1.29, 1.82) is 0 Å². The Balaban J connectivity index is 1.56. The Morgan fingerprint density at radius 3 is 2.39 bits per heavy atom. The predicted molar refractivity (Wildman–Crippen MR) is 141 cm³/mol. The van der Waals surface area contributed by atoms with Crippen LogP contribution in [0.1, 0.15) is 57.9 Å². The monoisotopic (exact) mass is 483 g/mol. The molecule has 3 aromatic heterocycles. The number of aryl methyl sites for hydroxylation is 1. The molecule has 8 heteroatoms.